The molecule has 0 aromatic heterocycles. The van der Waals surface area contributed by atoms with Gasteiger partial charge in [-0.1, -0.05) is 0 Å². The molecule has 0 radical (unpaired) electrons. The Hall–Kier alpha value is 0.610. The third kappa shape index (κ3) is 4.59. The predicted octanol–water partition coefficient (Wildman–Crippen LogP) is 1.47. The minimum atomic E-state index is 0.859. The van der Waals surface area contributed by atoms with Crippen LogP contribution in [0.3, 0.4) is 0 Å². The summed E-state index contributed by atoms with van der Waals surface area (Å²) in [7, 11) is 0. The van der Waals surface area contributed by atoms with Gasteiger partial charge in [-0.05, 0) is 12.8 Å². The Balaban J connectivity index is 2.04. The zero-order chi connectivity index (χ0) is 8.65. The number of rotatable bonds is 4. The number of ether oxygens (including phenoxy) is 1. The summed E-state index contributed by atoms with van der Waals surface area (Å²) in [6.45, 7) is 6.09. The number of hydrogen-bond acceptors (Lipinski definition) is 3. The average molecular weight is 285 g/mol. The monoisotopic (exact) mass is 285 g/mol. The van der Waals surface area contributed by atoms with Crippen LogP contribution in [0.15, 0.2) is 0 Å². The minimum Gasteiger partial charge on any atom is -0.380 e. The van der Waals surface area contributed by atoms with Crippen LogP contribution in [0, 0.1) is 0 Å². The first-order valence-electron chi connectivity index (χ1n) is 4.47. The summed E-state index contributed by atoms with van der Waals surface area (Å²) in [4.78, 5) is 2.45. The van der Waals surface area contributed by atoms with Gasteiger partial charge in [-0.2, -0.15) is 0 Å². The van der Waals surface area contributed by atoms with Crippen molar-refractivity contribution in [1.29, 1.82) is 0 Å². The Morgan fingerprint density at radius 1 is 1.33 bits per heavy atom. The minimum absolute atomic E-state index is 0.859. The molecule has 0 unspecified atom stereocenters. The molecule has 0 N–H and O–H groups in total. The molecule has 72 valence electrons. The van der Waals surface area contributed by atoms with Gasteiger partial charge in [-0.15, -0.1) is 0 Å². The van der Waals surface area contributed by atoms with Gasteiger partial charge in [-0.25, -0.2) is 0 Å². The van der Waals surface area contributed by atoms with E-state index in [0.717, 1.165) is 39.3 Å². The lowest BCUT2D eigenvalue weighted by atomic mass is 10.3. The molecule has 1 aliphatic heterocycles. The molecule has 1 saturated heterocycles. The van der Waals surface area contributed by atoms with Crippen molar-refractivity contribution in [2.24, 2.45) is 0 Å². The zero-order valence-electron chi connectivity index (χ0n) is 7.30. The van der Waals surface area contributed by atoms with Crippen molar-refractivity contribution < 1.29 is 7.80 Å². The van der Waals surface area contributed by atoms with E-state index in [4.69, 9.17) is 7.80 Å². The normalized spacial score (nSPS) is 20.8. The second-order valence-electron chi connectivity index (χ2n) is 2.97. The van der Waals surface area contributed by atoms with Crippen molar-refractivity contribution in [1.82, 2.24) is 4.90 Å². The molecule has 0 atom stereocenters. The van der Waals surface area contributed by atoms with Crippen molar-refractivity contribution in [3.8, 4) is 0 Å². The van der Waals surface area contributed by atoms with Crippen molar-refractivity contribution in [3.63, 3.8) is 0 Å². The summed E-state index contributed by atoms with van der Waals surface area (Å²) in [5.41, 5.74) is 0. The molecule has 0 aliphatic carbocycles. The van der Waals surface area contributed by atoms with Crippen LogP contribution >= 0.6 is 23.0 Å². The van der Waals surface area contributed by atoms with E-state index in [9.17, 15) is 0 Å². The first-order valence-corrected chi connectivity index (χ1v) is 5.35. The topological polar surface area (TPSA) is 21.7 Å². The fourth-order valence-corrected chi connectivity index (χ4v) is 1.68. The SMILES string of the molecule is IOCCCN1CCCOCC1. The number of halogens is 1. The Kier molecular flexibility index (Phi) is 6.29. The maximum absolute atomic E-state index is 5.36. The lowest BCUT2D eigenvalue weighted by molar-refractivity contribution is 0.140. The zero-order valence-corrected chi connectivity index (χ0v) is 9.46. The molecule has 4 heteroatoms. The van der Waals surface area contributed by atoms with Crippen molar-refractivity contribution in [2.45, 2.75) is 12.8 Å². The summed E-state index contributed by atoms with van der Waals surface area (Å²) >= 11 is 1.95. The highest BCUT2D eigenvalue weighted by molar-refractivity contribution is 14.1. The molecule has 0 saturated carbocycles. The average Bonchev–Trinajstić information content (AvgIpc) is 2.33. The molecular formula is C8H16INO2. The van der Waals surface area contributed by atoms with Gasteiger partial charge in [0.2, 0.25) is 0 Å². The fraction of sp³-hybridized carbons (Fsp3) is 1.00. The predicted molar refractivity (Wildman–Crippen MR) is 56.5 cm³/mol. The molecule has 0 aromatic carbocycles. The Bertz CT molecular complexity index is 105. The van der Waals surface area contributed by atoms with Gasteiger partial charge >= 0.3 is 0 Å². The van der Waals surface area contributed by atoms with Crippen LogP contribution in [-0.2, 0) is 7.80 Å². The summed E-state index contributed by atoms with van der Waals surface area (Å²) in [6, 6.07) is 0. The van der Waals surface area contributed by atoms with E-state index in [1.807, 2.05) is 23.0 Å². The highest BCUT2D eigenvalue weighted by Gasteiger charge is 2.07. The van der Waals surface area contributed by atoms with E-state index in [0.29, 0.717) is 0 Å². The third-order valence-corrected chi connectivity index (χ3v) is 2.45. The second-order valence-corrected chi connectivity index (χ2v) is 3.60. The summed E-state index contributed by atoms with van der Waals surface area (Å²) in [5.74, 6) is 0. The molecular weight excluding hydrogens is 269 g/mol. The summed E-state index contributed by atoms with van der Waals surface area (Å²) < 4.78 is 10.3. The molecule has 1 heterocycles. The van der Waals surface area contributed by atoms with Crippen molar-refractivity contribution >= 4 is 23.0 Å². The first kappa shape index (κ1) is 10.7. The van der Waals surface area contributed by atoms with E-state index in [2.05, 4.69) is 4.90 Å². The quantitative estimate of drug-likeness (QED) is 0.576. The van der Waals surface area contributed by atoms with Crippen LogP contribution in [0.2, 0.25) is 0 Å². The number of nitrogens with zero attached hydrogens (tertiary/aromatic N) is 1. The summed E-state index contributed by atoms with van der Waals surface area (Å²) in [6.07, 6.45) is 2.30. The van der Waals surface area contributed by atoms with Gasteiger partial charge in [0.05, 0.1) is 13.2 Å². The smallest absolute Gasteiger partial charge is 0.109 e. The molecule has 12 heavy (non-hydrogen) atoms. The molecule has 0 spiro atoms. The number of hydrogen-bond donors (Lipinski definition) is 0. The lowest BCUT2D eigenvalue weighted by Gasteiger charge is -2.17. The highest BCUT2D eigenvalue weighted by Crippen LogP contribution is 2.00. The summed E-state index contributed by atoms with van der Waals surface area (Å²) in [5, 5.41) is 0. The van der Waals surface area contributed by atoms with Crippen LogP contribution in [-0.4, -0.2) is 44.4 Å². The fourth-order valence-electron chi connectivity index (χ4n) is 1.36. The molecule has 1 rings (SSSR count). The second kappa shape index (κ2) is 7.06. The van der Waals surface area contributed by atoms with Crippen LogP contribution < -0.4 is 0 Å². The molecule has 0 amide bonds. The van der Waals surface area contributed by atoms with Gasteiger partial charge in [0.1, 0.15) is 23.0 Å². The van der Waals surface area contributed by atoms with Gasteiger partial charge in [0.25, 0.3) is 0 Å². The van der Waals surface area contributed by atoms with Gasteiger partial charge in [0.15, 0.2) is 0 Å². The van der Waals surface area contributed by atoms with Gasteiger partial charge in [-0.3, -0.25) is 0 Å². The van der Waals surface area contributed by atoms with Gasteiger partial charge < -0.3 is 12.7 Å². The van der Waals surface area contributed by atoms with E-state index in [1.165, 1.54) is 13.0 Å². The third-order valence-electron chi connectivity index (χ3n) is 2.01. The van der Waals surface area contributed by atoms with E-state index >= 15 is 0 Å². The Morgan fingerprint density at radius 2 is 2.25 bits per heavy atom. The van der Waals surface area contributed by atoms with E-state index in [1.54, 1.807) is 0 Å². The van der Waals surface area contributed by atoms with Crippen LogP contribution in [0.25, 0.3) is 0 Å². The lowest BCUT2D eigenvalue weighted by Crippen LogP contribution is -2.27. The molecule has 0 aromatic rings. The van der Waals surface area contributed by atoms with Crippen LogP contribution in [0.1, 0.15) is 12.8 Å². The van der Waals surface area contributed by atoms with Crippen molar-refractivity contribution in [2.75, 3.05) is 39.5 Å². The van der Waals surface area contributed by atoms with E-state index < -0.39 is 0 Å². The maximum atomic E-state index is 5.36. The first-order chi connectivity index (χ1) is 5.93. The van der Waals surface area contributed by atoms with Gasteiger partial charge in [0, 0.05) is 26.2 Å². The molecule has 1 fully saturated rings. The molecule has 0 bridgehead atoms. The Labute approximate surface area is 88.1 Å². The van der Waals surface area contributed by atoms with Crippen LogP contribution in [0.5, 0.6) is 0 Å². The largest absolute Gasteiger partial charge is 0.380 e. The Morgan fingerprint density at radius 3 is 3.08 bits per heavy atom. The maximum Gasteiger partial charge on any atom is 0.109 e. The molecule has 1 aliphatic rings. The molecule has 3 nitrogen and oxygen atoms in total. The van der Waals surface area contributed by atoms with Crippen LogP contribution in [0.4, 0.5) is 0 Å². The standard InChI is InChI=1S/C8H16INO2/c9-12-7-2-4-10-3-1-6-11-8-5-10/h1-8H2. The highest BCUT2D eigenvalue weighted by atomic mass is 127. The van der Waals surface area contributed by atoms with E-state index in [-0.39, 0.29) is 0 Å². The van der Waals surface area contributed by atoms with Crippen molar-refractivity contribution in [3.05, 3.63) is 0 Å².